The third kappa shape index (κ3) is 32.1. The van der Waals surface area contributed by atoms with Crippen LogP contribution in [0.2, 0.25) is 0 Å². The molecule has 0 spiro atoms. The third-order valence-corrected chi connectivity index (χ3v) is 8.33. The van der Waals surface area contributed by atoms with Gasteiger partial charge in [0.05, 0.1) is 0 Å². The summed E-state index contributed by atoms with van der Waals surface area (Å²) in [5, 5.41) is 3.50. The predicted octanol–water partition coefficient (Wildman–Crippen LogP) is 10.4. The van der Waals surface area contributed by atoms with Crippen LogP contribution in [0.1, 0.15) is 187 Å². The lowest BCUT2D eigenvalue weighted by Gasteiger charge is -2.22. The van der Waals surface area contributed by atoms with Gasteiger partial charge < -0.3 is 16.0 Å². The van der Waals surface area contributed by atoms with Crippen LogP contribution >= 0.6 is 0 Å². The van der Waals surface area contributed by atoms with E-state index < -0.39 is 0 Å². The van der Waals surface area contributed by atoms with Crippen LogP contribution in [0.25, 0.3) is 0 Å². The highest BCUT2D eigenvalue weighted by molar-refractivity contribution is 4.62. The molecule has 230 valence electrons. The lowest BCUT2D eigenvalue weighted by molar-refractivity contribution is 0.260. The van der Waals surface area contributed by atoms with E-state index >= 15 is 0 Å². The quantitative estimate of drug-likeness (QED) is 0.0802. The lowest BCUT2D eigenvalue weighted by atomic mass is 10.0. The van der Waals surface area contributed by atoms with Crippen molar-refractivity contribution in [3.8, 4) is 0 Å². The first kappa shape index (κ1) is 37.9. The number of hydrogen-bond acceptors (Lipinski definition) is 3. The summed E-state index contributed by atoms with van der Waals surface area (Å²) in [7, 11) is 0. The highest BCUT2D eigenvalue weighted by Gasteiger charge is 2.05. The van der Waals surface area contributed by atoms with E-state index in [2.05, 4.69) is 24.1 Å². The van der Waals surface area contributed by atoms with Crippen molar-refractivity contribution in [1.29, 1.82) is 0 Å². The molecule has 0 amide bonds. The Morgan fingerprint density at radius 2 is 0.658 bits per heavy atom. The van der Waals surface area contributed by atoms with Crippen molar-refractivity contribution >= 4 is 0 Å². The molecule has 0 aliphatic heterocycles. The number of nitrogens with zero attached hydrogens (tertiary/aromatic N) is 1. The summed E-state index contributed by atoms with van der Waals surface area (Å²) in [6, 6.07) is 0. The first-order chi connectivity index (χ1) is 18.8. The smallest absolute Gasteiger partial charge is 0.0107 e. The number of nitrogens with one attached hydrogen (secondary N) is 1. The molecule has 0 unspecified atom stereocenters. The van der Waals surface area contributed by atoms with Crippen LogP contribution in [-0.2, 0) is 0 Å². The van der Waals surface area contributed by atoms with Crippen LogP contribution < -0.4 is 11.1 Å². The van der Waals surface area contributed by atoms with Gasteiger partial charge in [0.2, 0.25) is 0 Å². The number of unbranched alkanes of at least 4 members (excludes halogenated alkanes) is 25. The summed E-state index contributed by atoms with van der Waals surface area (Å²) in [6.45, 7) is 11.2. The first-order valence-electron chi connectivity index (χ1n) is 18.0. The zero-order valence-corrected chi connectivity index (χ0v) is 26.9. The van der Waals surface area contributed by atoms with E-state index in [1.165, 1.54) is 193 Å². The van der Waals surface area contributed by atoms with Gasteiger partial charge in [-0.1, -0.05) is 174 Å². The first-order valence-corrected chi connectivity index (χ1v) is 18.0. The molecule has 0 aromatic heterocycles. The zero-order chi connectivity index (χ0) is 27.6. The average molecular weight is 538 g/mol. The Labute approximate surface area is 242 Å². The second-order valence-corrected chi connectivity index (χ2v) is 12.2. The minimum absolute atomic E-state index is 0.748. The minimum atomic E-state index is 0.748. The maximum absolute atomic E-state index is 5.65. The highest BCUT2D eigenvalue weighted by Crippen LogP contribution is 2.14. The van der Waals surface area contributed by atoms with Gasteiger partial charge in [-0.25, -0.2) is 0 Å². The Morgan fingerprint density at radius 3 is 0.947 bits per heavy atom. The molecule has 0 heterocycles. The van der Waals surface area contributed by atoms with Crippen LogP contribution in [0.3, 0.4) is 0 Å². The normalized spacial score (nSPS) is 11.7. The Kier molecular flexibility index (Phi) is 34.8. The molecular formula is C35H75N3. The molecule has 0 saturated heterocycles. The Morgan fingerprint density at radius 1 is 0.368 bits per heavy atom. The summed E-state index contributed by atoms with van der Waals surface area (Å²) >= 11 is 0. The van der Waals surface area contributed by atoms with E-state index in [1.54, 1.807) is 0 Å². The molecule has 3 heteroatoms. The molecule has 0 saturated carbocycles. The molecule has 3 N–H and O–H groups in total. The molecule has 0 aromatic rings. The van der Waals surface area contributed by atoms with Crippen molar-refractivity contribution in [3.05, 3.63) is 0 Å². The third-order valence-electron chi connectivity index (χ3n) is 8.33. The van der Waals surface area contributed by atoms with Crippen molar-refractivity contribution in [2.24, 2.45) is 5.73 Å². The van der Waals surface area contributed by atoms with Gasteiger partial charge in [-0.15, -0.1) is 0 Å². The molecule has 0 aliphatic rings. The summed E-state index contributed by atoms with van der Waals surface area (Å²) < 4.78 is 0. The molecule has 38 heavy (non-hydrogen) atoms. The maximum Gasteiger partial charge on any atom is 0.0107 e. The van der Waals surface area contributed by atoms with E-state index in [1.807, 2.05) is 0 Å². The number of hydrogen-bond donors (Lipinski definition) is 2. The van der Waals surface area contributed by atoms with Crippen molar-refractivity contribution in [1.82, 2.24) is 10.2 Å². The SMILES string of the molecule is CCCCCCCCCCCCCCCCN(CCCCCCCCCCCCCCC)CCNCCN. The summed E-state index contributed by atoms with van der Waals surface area (Å²) in [5.74, 6) is 0. The fourth-order valence-electron chi connectivity index (χ4n) is 5.68. The summed E-state index contributed by atoms with van der Waals surface area (Å²) in [5.41, 5.74) is 5.65. The number of rotatable bonds is 34. The van der Waals surface area contributed by atoms with Crippen molar-refractivity contribution in [2.45, 2.75) is 187 Å². The van der Waals surface area contributed by atoms with Gasteiger partial charge >= 0.3 is 0 Å². The van der Waals surface area contributed by atoms with Crippen molar-refractivity contribution < 1.29 is 0 Å². The van der Waals surface area contributed by atoms with Gasteiger partial charge in [-0.3, -0.25) is 0 Å². The van der Waals surface area contributed by atoms with Gasteiger partial charge in [0.1, 0.15) is 0 Å². The molecule has 0 aromatic carbocycles. The van der Waals surface area contributed by atoms with Gasteiger partial charge in [0.15, 0.2) is 0 Å². The predicted molar refractivity (Wildman–Crippen MR) is 174 cm³/mol. The molecule has 0 rings (SSSR count). The summed E-state index contributed by atoms with van der Waals surface area (Å²) in [6.07, 6.45) is 38.9. The van der Waals surface area contributed by atoms with Gasteiger partial charge in [0, 0.05) is 26.2 Å². The van der Waals surface area contributed by atoms with Crippen LogP contribution in [-0.4, -0.2) is 44.2 Å². The lowest BCUT2D eigenvalue weighted by Crippen LogP contribution is -2.35. The van der Waals surface area contributed by atoms with Gasteiger partial charge in [-0.2, -0.15) is 0 Å². The molecule has 0 fully saturated rings. The molecule has 3 nitrogen and oxygen atoms in total. The Bertz CT molecular complexity index is 401. The van der Waals surface area contributed by atoms with Crippen LogP contribution in [0.15, 0.2) is 0 Å². The highest BCUT2D eigenvalue weighted by atomic mass is 15.1. The number of nitrogens with two attached hydrogens (primary N) is 1. The molecule has 0 atom stereocenters. The van der Waals surface area contributed by atoms with Crippen LogP contribution in [0, 0.1) is 0 Å². The Balaban J connectivity index is 3.63. The summed E-state index contributed by atoms with van der Waals surface area (Å²) in [4.78, 5) is 2.72. The second-order valence-electron chi connectivity index (χ2n) is 12.2. The van der Waals surface area contributed by atoms with Gasteiger partial charge in [0.25, 0.3) is 0 Å². The zero-order valence-electron chi connectivity index (χ0n) is 26.9. The second kappa shape index (κ2) is 34.9. The van der Waals surface area contributed by atoms with E-state index in [0.717, 1.165) is 19.6 Å². The Hall–Kier alpha value is -0.120. The molecular weight excluding hydrogens is 462 g/mol. The van der Waals surface area contributed by atoms with E-state index in [-0.39, 0.29) is 0 Å². The fraction of sp³-hybridized carbons (Fsp3) is 1.00. The van der Waals surface area contributed by atoms with E-state index in [9.17, 15) is 0 Å². The molecule has 0 aliphatic carbocycles. The van der Waals surface area contributed by atoms with E-state index in [0.29, 0.717) is 0 Å². The topological polar surface area (TPSA) is 41.3 Å². The largest absolute Gasteiger partial charge is 0.329 e. The monoisotopic (exact) mass is 538 g/mol. The van der Waals surface area contributed by atoms with Gasteiger partial charge in [-0.05, 0) is 25.9 Å². The minimum Gasteiger partial charge on any atom is -0.329 e. The van der Waals surface area contributed by atoms with Crippen LogP contribution in [0.4, 0.5) is 0 Å². The average Bonchev–Trinajstić information content (AvgIpc) is 2.93. The van der Waals surface area contributed by atoms with E-state index in [4.69, 9.17) is 5.73 Å². The van der Waals surface area contributed by atoms with Crippen molar-refractivity contribution in [3.63, 3.8) is 0 Å². The fourth-order valence-corrected chi connectivity index (χ4v) is 5.68. The molecule has 0 bridgehead atoms. The molecule has 0 radical (unpaired) electrons. The maximum atomic E-state index is 5.65. The van der Waals surface area contributed by atoms with Crippen molar-refractivity contribution in [2.75, 3.05) is 39.3 Å². The van der Waals surface area contributed by atoms with Crippen LogP contribution in [0.5, 0.6) is 0 Å². The standard InChI is InChI=1S/C35H75N3/c1-3-5-7-9-11-13-15-17-19-21-23-25-27-29-34-38(35-32-37-31-30-36)33-28-26-24-22-20-18-16-14-12-10-8-6-4-2/h37H,3-36H2,1-2H3.